The van der Waals surface area contributed by atoms with Crippen LogP contribution in [0.2, 0.25) is 0 Å². The molecule has 0 saturated heterocycles. The van der Waals surface area contributed by atoms with Crippen molar-refractivity contribution in [3.63, 3.8) is 0 Å². The normalized spacial score (nSPS) is 11.3. The smallest absolute Gasteiger partial charge is 0.210 e. The summed E-state index contributed by atoms with van der Waals surface area (Å²) < 4.78 is 0. The van der Waals surface area contributed by atoms with Crippen LogP contribution in [0, 0.1) is 0 Å². The van der Waals surface area contributed by atoms with Crippen LogP contribution in [0.1, 0.15) is 49.4 Å². The lowest BCUT2D eigenvalue weighted by atomic mass is 10.0. The number of oxime groups is 1. The Kier molecular flexibility index (Phi) is 8.73. The third kappa shape index (κ3) is 6.89. The molecule has 0 bridgehead atoms. The average molecular weight is 418 g/mol. The molecule has 0 aromatic heterocycles. The summed E-state index contributed by atoms with van der Waals surface area (Å²) in [4.78, 5) is 20.9. The van der Waals surface area contributed by atoms with E-state index in [2.05, 4.69) is 24.2 Å². The van der Waals surface area contributed by atoms with E-state index in [-0.39, 0.29) is 5.78 Å². The number of para-hydroxylation sites is 1. The van der Waals surface area contributed by atoms with E-state index in [4.69, 9.17) is 4.84 Å². The molecule has 4 heteroatoms. The fourth-order valence-electron chi connectivity index (χ4n) is 2.97. The Balaban J connectivity index is 1.70. The highest BCUT2D eigenvalue weighted by molar-refractivity contribution is 7.99. The van der Waals surface area contributed by atoms with E-state index < -0.39 is 0 Å². The maximum atomic E-state index is 13.1. The van der Waals surface area contributed by atoms with Gasteiger partial charge >= 0.3 is 0 Å². The van der Waals surface area contributed by atoms with Gasteiger partial charge < -0.3 is 4.84 Å². The largest absolute Gasteiger partial charge is 0.357 e. The van der Waals surface area contributed by atoms with E-state index in [0.29, 0.717) is 23.4 Å². The number of carbonyl (C=O) groups is 1. The number of rotatable bonds is 11. The molecule has 0 atom stereocenters. The predicted molar refractivity (Wildman–Crippen MR) is 125 cm³/mol. The molecule has 0 aliphatic carbocycles. The molecule has 0 aliphatic rings. The van der Waals surface area contributed by atoms with Crippen LogP contribution < -0.4 is 4.84 Å². The quantitative estimate of drug-likeness (QED) is 0.141. The highest BCUT2D eigenvalue weighted by Crippen LogP contribution is 2.27. The van der Waals surface area contributed by atoms with Gasteiger partial charge in [-0.15, -0.1) is 0 Å². The molecule has 3 nitrogen and oxygen atoms in total. The molecule has 0 spiro atoms. The van der Waals surface area contributed by atoms with Crippen LogP contribution in [-0.4, -0.2) is 11.5 Å². The van der Waals surface area contributed by atoms with Gasteiger partial charge in [-0.25, -0.2) is 0 Å². The SMILES string of the molecule is CCCCCCC(=NOc1ccccc1)C(=O)c1ccc(Sc2ccccc2)cc1. The molecule has 0 aliphatic heterocycles. The Bertz CT molecular complexity index is 938. The van der Waals surface area contributed by atoms with Crippen molar-refractivity contribution in [3.05, 3.63) is 90.5 Å². The van der Waals surface area contributed by atoms with Crippen molar-refractivity contribution in [1.29, 1.82) is 0 Å². The monoisotopic (exact) mass is 417 g/mol. The lowest BCUT2D eigenvalue weighted by molar-refractivity contribution is 0.106. The first kappa shape index (κ1) is 21.8. The summed E-state index contributed by atoms with van der Waals surface area (Å²) in [5.41, 5.74) is 1.11. The van der Waals surface area contributed by atoms with Crippen LogP contribution in [0.25, 0.3) is 0 Å². The predicted octanol–water partition coefficient (Wildman–Crippen LogP) is 7.43. The average Bonchev–Trinajstić information content (AvgIpc) is 2.80. The molecule has 0 amide bonds. The second kappa shape index (κ2) is 12.0. The molecule has 30 heavy (non-hydrogen) atoms. The van der Waals surface area contributed by atoms with Crippen molar-refractivity contribution in [2.45, 2.75) is 48.8 Å². The fourth-order valence-corrected chi connectivity index (χ4v) is 3.81. The maximum absolute atomic E-state index is 13.1. The fraction of sp³-hybridized carbons (Fsp3) is 0.231. The summed E-state index contributed by atoms with van der Waals surface area (Å²) in [7, 11) is 0. The van der Waals surface area contributed by atoms with Crippen molar-refractivity contribution in [2.75, 3.05) is 0 Å². The number of unbranched alkanes of at least 4 members (excludes halogenated alkanes) is 3. The van der Waals surface area contributed by atoms with Crippen LogP contribution in [0.4, 0.5) is 0 Å². The number of hydrogen-bond donors (Lipinski definition) is 0. The number of nitrogens with zero attached hydrogens (tertiary/aromatic N) is 1. The van der Waals surface area contributed by atoms with Gasteiger partial charge in [0.1, 0.15) is 5.71 Å². The molecule has 0 fully saturated rings. The van der Waals surface area contributed by atoms with Gasteiger partial charge in [0.25, 0.3) is 0 Å². The van der Waals surface area contributed by atoms with Crippen molar-refractivity contribution in [1.82, 2.24) is 0 Å². The standard InChI is InChI=1S/C26H27NO2S/c1-2-3-4-11-16-25(27-29-22-12-7-5-8-13-22)26(28)21-17-19-24(20-18-21)30-23-14-9-6-10-15-23/h5-10,12-15,17-20H,2-4,11,16H2,1H3. The maximum Gasteiger partial charge on any atom is 0.210 e. The van der Waals surface area contributed by atoms with Crippen molar-refractivity contribution >= 4 is 23.3 Å². The van der Waals surface area contributed by atoms with E-state index in [9.17, 15) is 4.79 Å². The molecule has 0 N–H and O–H groups in total. The Morgan fingerprint density at radius 2 is 1.43 bits per heavy atom. The molecule has 3 aromatic carbocycles. The third-order valence-corrected chi connectivity index (χ3v) is 5.64. The molecule has 0 radical (unpaired) electrons. The molecule has 0 unspecified atom stereocenters. The molecular formula is C26H27NO2S. The summed E-state index contributed by atoms with van der Waals surface area (Å²) >= 11 is 1.68. The first-order chi connectivity index (χ1) is 14.8. The van der Waals surface area contributed by atoms with Gasteiger partial charge in [-0.05, 0) is 61.4 Å². The van der Waals surface area contributed by atoms with Crippen LogP contribution >= 0.6 is 11.8 Å². The third-order valence-electron chi connectivity index (χ3n) is 4.63. The van der Waals surface area contributed by atoms with E-state index in [0.717, 1.165) is 30.6 Å². The van der Waals surface area contributed by atoms with Gasteiger partial charge in [0.2, 0.25) is 5.78 Å². The Labute approximate surface area is 183 Å². The van der Waals surface area contributed by atoms with E-state index in [1.807, 2.05) is 72.8 Å². The minimum Gasteiger partial charge on any atom is -0.357 e. The van der Waals surface area contributed by atoms with E-state index in [1.54, 1.807) is 11.8 Å². The van der Waals surface area contributed by atoms with Crippen molar-refractivity contribution in [2.24, 2.45) is 5.16 Å². The highest BCUT2D eigenvalue weighted by atomic mass is 32.2. The summed E-state index contributed by atoms with van der Waals surface area (Å²) in [5, 5.41) is 4.22. The zero-order chi connectivity index (χ0) is 21.0. The van der Waals surface area contributed by atoms with Gasteiger partial charge in [-0.2, -0.15) is 0 Å². The summed E-state index contributed by atoms with van der Waals surface area (Å²) in [6, 6.07) is 27.3. The zero-order valence-corrected chi connectivity index (χ0v) is 18.1. The number of Topliss-reactive ketones (excluding diaryl/α,β-unsaturated/α-hetero) is 1. The Morgan fingerprint density at radius 3 is 2.10 bits per heavy atom. The van der Waals surface area contributed by atoms with E-state index in [1.165, 1.54) is 4.90 Å². The Hall–Kier alpha value is -2.85. The van der Waals surface area contributed by atoms with Crippen molar-refractivity contribution < 1.29 is 9.63 Å². The first-order valence-electron chi connectivity index (χ1n) is 10.4. The van der Waals surface area contributed by atoms with Crippen molar-refractivity contribution in [3.8, 4) is 5.75 Å². The topological polar surface area (TPSA) is 38.7 Å². The molecule has 3 aromatic rings. The van der Waals surface area contributed by atoms with Gasteiger partial charge in [-0.3, -0.25) is 4.79 Å². The molecule has 0 saturated carbocycles. The number of ketones is 1. The summed E-state index contributed by atoms with van der Waals surface area (Å²) in [5.74, 6) is 0.560. The minimum absolute atomic E-state index is 0.0707. The highest BCUT2D eigenvalue weighted by Gasteiger charge is 2.15. The second-order valence-corrected chi connectivity index (χ2v) is 8.17. The molecular weight excluding hydrogens is 390 g/mol. The minimum atomic E-state index is -0.0707. The lowest BCUT2D eigenvalue weighted by Gasteiger charge is -2.07. The molecule has 154 valence electrons. The summed E-state index contributed by atoms with van der Waals surface area (Å²) in [6.45, 7) is 2.17. The Morgan fingerprint density at radius 1 is 0.800 bits per heavy atom. The zero-order valence-electron chi connectivity index (χ0n) is 17.3. The van der Waals surface area contributed by atoms with E-state index >= 15 is 0 Å². The van der Waals surface area contributed by atoms with Gasteiger partial charge in [-0.1, -0.05) is 79.5 Å². The molecule has 0 heterocycles. The van der Waals surface area contributed by atoms with Crippen LogP contribution in [-0.2, 0) is 0 Å². The van der Waals surface area contributed by atoms with Crippen LogP contribution in [0.5, 0.6) is 5.75 Å². The summed E-state index contributed by atoms with van der Waals surface area (Å²) in [6.07, 6.45) is 4.94. The van der Waals surface area contributed by atoms with Gasteiger partial charge in [0, 0.05) is 15.4 Å². The lowest BCUT2D eigenvalue weighted by Crippen LogP contribution is -2.16. The van der Waals surface area contributed by atoms with Gasteiger partial charge in [0.05, 0.1) is 0 Å². The number of benzene rings is 3. The van der Waals surface area contributed by atoms with Gasteiger partial charge in [0.15, 0.2) is 5.75 Å². The second-order valence-electron chi connectivity index (χ2n) is 7.02. The first-order valence-corrected chi connectivity index (χ1v) is 11.2. The number of carbonyl (C=O) groups excluding carboxylic acids is 1. The molecule has 3 rings (SSSR count). The van der Waals surface area contributed by atoms with Crippen LogP contribution in [0.3, 0.4) is 0 Å². The number of hydrogen-bond acceptors (Lipinski definition) is 4. The van der Waals surface area contributed by atoms with Crippen LogP contribution in [0.15, 0.2) is 99.9 Å².